The van der Waals surface area contributed by atoms with E-state index in [1.165, 1.54) is 48.1 Å². The number of piperazine rings is 1. The molecule has 7 nitrogen and oxygen atoms in total. The fourth-order valence-electron chi connectivity index (χ4n) is 5.65. The number of nitrogens with zero attached hydrogens (tertiary/aromatic N) is 3. The second-order valence-electron chi connectivity index (χ2n) is 9.97. The van der Waals surface area contributed by atoms with Crippen molar-refractivity contribution in [2.45, 2.75) is 64.2 Å². The monoisotopic (exact) mass is 494 g/mol. The lowest BCUT2D eigenvalue weighted by Gasteiger charge is -2.35. The molecule has 2 aliphatic carbocycles. The molecule has 0 radical (unpaired) electrons. The highest BCUT2D eigenvalue weighted by atomic mass is 32.1. The first kappa shape index (κ1) is 24.0. The largest absolute Gasteiger partial charge is 0.339 e. The van der Waals surface area contributed by atoms with Crippen LogP contribution in [0.25, 0.3) is 0 Å². The van der Waals surface area contributed by atoms with Crippen molar-refractivity contribution in [2.24, 2.45) is 5.92 Å². The molecule has 0 spiro atoms. The Hall–Kier alpha value is -2.74. The molecular formula is C27H34N4O3S. The number of fused-ring (bicyclic) bond motifs is 1. The first-order chi connectivity index (χ1) is 17.1. The van der Waals surface area contributed by atoms with E-state index in [2.05, 4.69) is 10.3 Å². The number of amides is 3. The lowest BCUT2D eigenvalue weighted by molar-refractivity contribution is -0.133. The number of hydrogen-bond acceptors (Lipinski definition) is 5. The van der Waals surface area contributed by atoms with Crippen LogP contribution in [0.1, 0.15) is 82.5 Å². The van der Waals surface area contributed by atoms with E-state index in [1.807, 2.05) is 9.80 Å². The van der Waals surface area contributed by atoms with E-state index in [0.717, 1.165) is 37.7 Å². The molecule has 1 saturated carbocycles. The third-order valence-electron chi connectivity index (χ3n) is 7.70. The number of carbonyl (C=O) groups is 3. The number of rotatable bonds is 6. The molecule has 0 unspecified atom stereocenters. The molecule has 8 heteroatoms. The van der Waals surface area contributed by atoms with Gasteiger partial charge in [0, 0.05) is 49.9 Å². The van der Waals surface area contributed by atoms with Crippen molar-refractivity contribution in [3.8, 4) is 0 Å². The van der Waals surface area contributed by atoms with Gasteiger partial charge in [0.1, 0.15) is 5.00 Å². The predicted octanol–water partition coefficient (Wildman–Crippen LogP) is 4.53. The van der Waals surface area contributed by atoms with Gasteiger partial charge in [0.2, 0.25) is 5.91 Å². The van der Waals surface area contributed by atoms with Crippen molar-refractivity contribution in [1.82, 2.24) is 14.8 Å². The molecule has 1 saturated heterocycles. The van der Waals surface area contributed by atoms with E-state index in [0.29, 0.717) is 54.6 Å². The van der Waals surface area contributed by atoms with Gasteiger partial charge >= 0.3 is 0 Å². The summed E-state index contributed by atoms with van der Waals surface area (Å²) in [6.07, 6.45) is 13.9. The molecule has 35 heavy (non-hydrogen) atoms. The van der Waals surface area contributed by atoms with Gasteiger partial charge in [0.15, 0.2) is 0 Å². The molecular weight excluding hydrogens is 460 g/mol. The molecule has 2 fully saturated rings. The summed E-state index contributed by atoms with van der Waals surface area (Å²) < 4.78 is 0. The molecule has 186 valence electrons. The fraction of sp³-hybridized carbons (Fsp3) is 0.556. The minimum Gasteiger partial charge on any atom is -0.339 e. The van der Waals surface area contributed by atoms with Gasteiger partial charge in [-0.15, -0.1) is 11.3 Å². The molecule has 1 aliphatic heterocycles. The number of pyridine rings is 1. The van der Waals surface area contributed by atoms with Gasteiger partial charge in [-0.3, -0.25) is 19.4 Å². The Morgan fingerprint density at radius 3 is 2.49 bits per heavy atom. The van der Waals surface area contributed by atoms with Crippen molar-refractivity contribution in [3.63, 3.8) is 0 Å². The van der Waals surface area contributed by atoms with Crippen LogP contribution in [0.5, 0.6) is 0 Å². The van der Waals surface area contributed by atoms with E-state index in [1.54, 1.807) is 18.3 Å². The first-order valence-electron chi connectivity index (χ1n) is 13.0. The Kier molecular flexibility index (Phi) is 7.46. The Bertz CT molecular complexity index is 1070. The van der Waals surface area contributed by atoms with E-state index < -0.39 is 0 Å². The smallest absolute Gasteiger partial charge is 0.257 e. The summed E-state index contributed by atoms with van der Waals surface area (Å²) in [4.78, 5) is 48.3. The number of thiophene rings is 1. The van der Waals surface area contributed by atoms with E-state index in [-0.39, 0.29) is 17.7 Å². The Morgan fingerprint density at radius 1 is 1.00 bits per heavy atom. The van der Waals surface area contributed by atoms with Crippen LogP contribution in [0.3, 0.4) is 0 Å². The predicted molar refractivity (Wildman–Crippen MR) is 137 cm³/mol. The highest BCUT2D eigenvalue weighted by Crippen LogP contribution is 2.39. The third-order valence-corrected chi connectivity index (χ3v) is 8.90. The quantitative estimate of drug-likeness (QED) is 0.640. The number of aromatic nitrogens is 1. The molecule has 0 atom stereocenters. The summed E-state index contributed by atoms with van der Waals surface area (Å²) in [5.74, 6) is 0.667. The number of aryl methyl sites for hydroxylation is 1. The molecule has 2 aromatic heterocycles. The van der Waals surface area contributed by atoms with E-state index >= 15 is 0 Å². The van der Waals surface area contributed by atoms with E-state index in [9.17, 15) is 14.4 Å². The van der Waals surface area contributed by atoms with Crippen LogP contribution in [-0.2, 0) is 17.6 Å². The summed E-state index contributed by atoms with van der Waals surface area (Å²) in [5, 5.41) is 3.65. The molecule has 3 aliphatic rings. The summed E-state index contributed by atoms with van der Waals surface area (Å²) in [6.45, 7) is 2.24. The highest BCUT2D eigenvalue weighted by Gasteiger charge is 2.32. The van der Waals surface area contributed by atoms with Crippen LogP contribution in [-0.4, -0.2) is 58.7 Å². The fourth-order valence-corrected chi connectivity index (χ4v) is 6.93. The van der Waals surface area contributed by atoms with Gasteiger partial charge in [0.05, 0.1) is 11.1 Å². The number of nitrogens with one attached hydrogen (secondary N) is 1. The van der Waals surface area contributed by atoms with Crippen LogP contribution >= 0.6 is 11.3 Å². The minimum atomic E-state index is -0.247. The third kappa shape index (κ3) is 5.42. The van der Waals surface area contributed by atoms with Gasteiger partial charge in [-0.05, 0) is 55.7 Å². The van der Waals surface area contributed by atoms with Crippen LogP contribution in [0.2, 0.25) is 0 Å². The van der Waals surface area contributed by atoms with Crippen LogP contribution in [0.4, 0.5) is 5.00 Å². The van der Waals surface area contributed by atoms with Crippen molar-refractivity contribution in [3.05, 3.63) is 46.1 Å². The maximum atomic E-state index is 13.7. The normalized spacial score (nSPS) is 18.4. The zero-order valence-electron chi connectivity index (χ0n) is 20.3. The second-order valence-corrected chi connectivity index (χ2v) is 11.1. The summed E-state index contributed by atoms with van der Waals surface area (Å²) in [6, 6.07) is 3.45. The molecule has 0 bridgehead atoms. The van der Waals surface area contributed by atoms with Crippen molar-refractivity contribution < 1.29 is 14.4 Å². The number of anilines is 1. The Morgan fingerprint density at radius 2 is 1.74 bits per heavy atom. The molecule has 3 heterocycles. The van der Waals surface area contributed by atoms with Crippen LogP contribution in [0, 0.1) is 5.92 Å². The lowest BCUT2D eigenvalue weighted by Crippen LogP contribution is -2.50. The summed E-state index contributed by atoms with van der Waals surface area (Å²) >= 11 is 1.54. The van der Waals surface area contributed by atoms with Gasteiger partial charge < -0.3 is 15.1 Å². The van der Waals surface area contributed by atoms with Crippen LogP contribution < -0.4 is 5.32 Å². The number of carbonyl (C=O) groups excluding carboxylic acids is 3. The molecule has 3 amide bonds. The maximum Gasteiger partial charge on any atom is 0.257 e. The minimum absolute atomic E-state index is 0.0241. The molecule has 1 N–H and O–H groups in total. The lowest BCUT2D eigenvalue weighted by atomic mass is 9.95. The first-order valence-corrected chi connectivity index (χ1v) is 13.8. The average molecular weight is 495 g/mol. The topological polar surface area (TPSA) is 82.6 Å². The molecule has 2 aromatic rings. The van der Waals surface area contributed by atoms with Gasteiger partial charge in [-0.1, -0.05) is 25.7 Å². The van der Waals surface area contributed by atoms with Gasteiger partial charge in [-0.2, -0.15) is 0 Å². The Balaban J connectivity index is 1.25. The standard InChI is InChI=1S/C27H34N4O3S/c32-23(12-11-19-6-1-2-7-19)30-14-16-31(17-15-30)27(34)24-21-9-3-4-10-22(21)35-26(24)29-25(33)20-8-5-13-28-18-20/h5,8,13,18-19H,1-4,6-7,9-12,14-17H2,(H,29,33). The molecule has 0 aromatic carbocycles. The van der Waals surface area contributed by atoms with Crippen LogP contribution in [0.15, 0.2) is 24.5 Å². The zero-order chi connectivity index (χ0) is 24.2. The van der Waals surface area contributed by atoms with Gasteiger partial charge in [0.25, 0.3) is 11.8 Å². The van der Waals surface area contributed by atoms with Crippen molar-refractivity contribution >= 4 is 34.1 Å². The van der Waals surface area contributed by atoms with Gasteiger partial charge in [-0.25, -0.2) is 0 Å². The average Bonchev–Trinajstić information content (AvgIpc) is 3.55. The molecule has 5 rings (SSSR count). The maximum absolute atomic E-state index is 13.7. The number of hydrogen-bond donors (Lipinski definition) is 1. The summed E-state index contributed by atoms with van der Waals surface area (Å²) in [5.41, 5.74) is 2.23. The Labute approximate surface area is 210 Å². The van der Waals surface area contributed by atoms with Crippen molar-refractivity contribution in [1.29, 1.82) is 0 Å². The highest BCUT2D eigenvalue weighted by molar-refractivity contribution is 7.17. The SMILES string of the molecule is O=C(Nc1sc2c(c1C(=O)N1CCN(C(=O)CCC3CCCC3)CC1)CCCC2)c1cccnc1. The summed E-state index contributed by atoms with van der Waals surface area (Å²) in [7, 11) is 0. The van der Waals surface area contributed by atoms with Crippen molar-refractivity contribution in [2.75, 3.05) is 31.5 Å². The second kappa shape index (κ2) is 10.9. The zero-order valence-corrected chi connectivity index (χ0v) is 21.1. The van der Waals surface area contributed by atoms with E-state index in [4.69, 9.17) is 0 Å².